The average molecular weight is 355 g/mol. The first kappa shape index (κ1) is 12.9. The van der Waals surface area contributed by atoms with Gasteiger partial charge in [-0.25, -0.2) is 0 Å². The SMILES string of the molecule is CNC(Cc1ccc(I)cc1)C1C2CCCCC21. The molecule has 3 atom stereocenters. The summed E-state index contributed by atoms with van der Waals surface area (Å²) in [6, 6.07) is 9.72. The molecule has 98 valence electrons. The normalized spacial score (nSPS) is 31.8. The Labute approximate surface area is 124 Å². The van der Waals surface area contributed by atoms with Crippen molar-refractivity contribution in [2.45, 2.75) is 38.1 Å². The van der Waals surface area contributed by atoms with E-state index in [2.05, 4.69) is 59.2 Å². The van der Waals surface area contributed by atoms with Crippen molar-refractivity contribution in [3.05, 3.63) is 33.4 Å². The highest BCUT2D eigenvalue weighted by molar-refractivity contribution is 14.1. The van der Waals surface area contributed by atoms with Crippen LogP contribution in [0.4, 0.5) is 0 Å². The topological polar surface area (TPSA) is 12.0 Å². The van der Waals surface area contributed by atoms with E-state index in [1.807, 2.05) is 0 Å². The van der Waals surface area contributed by atoms with Crippen LogP contribution >= 0.6 is 22.6 Å². The van der Waals surface area contributed by atoms with Crippen LogP contribution in [0, 0.1) is 21.3 Å². The Balaban J connectivity index is 1.65. The summed E-state index contributed by atoms with van der Waals surface area (Å²) in [5, 5.41) is 3.58. The van der Waals surface area contributed by atoms with E-state index in [4.69, 9.17) is 0 Å². The molecular weight excluding hydrogens is 333 g/mol. The van der Waals surface area contributed by atoms with Gasteiger partial charge in [0.25, 0.3) is 0 Å². The lowest BCUT2D eigenvalue weighted by atomic mass is 10.00. The maximum absolute atomic E-state index is 3.58. The van der Waals surface area contributed by atoms with Gasteiger partial charge in [-0.15, -0.1) is 0 Å². The van der Waals surface area contributed by atoms with Crippen LogP contribution in [0.25, 0.3) is 0 Å². The summed E-state index contributed by atoms with van der Waals surface area (Å²) in [7, 11) is 2.14. The Hall–Kier alpha value is -0.0900. The maximum atomic E-state index is 3.58. The fourth-order valence-electron chi connectivity index (χ4n) is 3.95. The van der Waals surface area contributed by atoms with Crippen LogP contribution < -0.4 is 5.32 Å². The van der Waals surface area contributed by atoms with Gasteiger partial charge in [-0.1, -0.05) is 25.0 Å². The van der Waals surface area contributed by atoms with Crippen molar-refractivity contribution in [1.29, 1.82) is 0 Å². The lowest BCUT2D eigenvalue weighted by molar-refractivity contribution is 0.460. The molecule has 0 aromatic heterocycles. The van der Waals surface area contributed by atoms with Gasteiger partial charge in [0.05, 0.1) is 0 Å². The second-order valence-corrected chi connectivity index (χ2v) is 7.16. The molecule has 0 aliphatic heterocycles. The van der Waals surface area contributed by atoms with Gasteiger partial charge >= 0.3 is 0 Å². The summed E-state index contributed by atoms with van der Waals surface area (Å²) in [6.45, 7) is 0. The number of likely N-dealkylation sites (N-methyl/N-ethyl adjacent to an activating group) is 1. The molecule has 2 fully saturated rings. The van der Waals surface area contributed by atoms with Gasteiger partial charge in [-0.05, 0) is 84.4 Å². The molecule has 2 aliphatic rings. The van der Waals surface area contributed by atoms with E-state index >= 15 is 0 Å². The zero-order valence-electron chi connectivity index (χ0n) is 11.0. The first-order valence-corrected chi connectivity index (χ1v) is 8.29. The van der Waals surface area contributed by atoms with Gasteiger partial charge in [0, 0.05) is 9.61 Å². The summed E-state index contributed by atoms with van der Waals surface area (Å²) >= 11 is 2.38. The monoisotopic (exact) mass is 355 g/mol. The van der Waals surface area contributed by atoms with Crippen molar-refractivity contribution >= 4 is 22.6 Å². The molecule has 0 bridgehead atoms. The Bertz CT molecular complexity index is 388. The third-order valence-corrected chi connectivity index (χ3v) is 5.65. The first-order chi connectivity index (χ1) is 8.79. The Morgan fingerprint density at radius 3 is 2.33 bits per heavy atom. The number of hydrogen-bond acceptors (Lipinski definition) is 1. The molecule has 1 aromatic rings. The molecule has 18 heavy (non-hydrogen) atoms. The molecule has 2 aliphatic carbocycles. The summed E-state index contributed by atoms with van der Waals surface area (Å²) in [5.74, 6) is 3.04. The fraction of sp³-hybridized carbons (Fsp3) is 0.625. The predicted molar refractivity (Wildman–Crippen MR) is 84.6 cm³/mol. The van der Waals surface area contributed by atoms with Crippen molar-refractivity contribution in [3.63, 3.8) is 0 Å². The van der Waals surface area contributed by atoms with E-state index < -0.39 is 0 Å². The van der Waals surface area contributed by atoms with Gasteiger partial charge in [0.15, 0.2) is 0 Å². The highest BCUT2D eigenvalue weighted by Gasteiger charge is 2.53. The summed E-state index contributed by atoms with van der Waals surface area (Å²) in [6.07, 6.45) is 7.11. The maximum Gasteiger partial charge on any atom is 0.0138 e. The van der Waals surface area contributed by atoms with Gasteiger partial charge in [-0.3, -0.25) is 0 Å². The van der Waals surface area contributed by atoms with Crippen molar-refractivity contribution in [1.82, 2.24) is 5.32 Å². The molecule has 0 heterocycles. The largest absolute Gasteiger partial charge is 0.316 e. The number of nitrogens with one attached hydrogen (secondary N) is 1. The molecule has 0 amide bonds. The zero-order chi connectivity index (χ0) is 12.5. The highest BCUT2D eigenvalue weighted by Crippen LogP contribution is 2.57. The van der Waals surface area contributed by atoms with Crippen molar-refractivity contribution in [3.8, 4) is 0 Å². The third-order valence-electron chi connectivity index (χ3n) is 4.93. The zero-order valence-corrected chi connectivity index (χ0v) is 13.2. The third kappa shape index (κ3) is 2.60. The van der Waals surface area contributed by atoms with E-state index in [1.54, 1.807) is 0 Å². The second-order valence-electron chi connectivity index (χ2n) is 5.92. The van der Waals surface area contributed by atoms with Gasteiger partial charge in [0.2, 0.25) is 0 Å². The minimum Gasteiger partial charge on any atom is -0.316 e. The molecule has 3 unspecified atom stereocenters. The molecular formula is C16H22IN. The van der Waals surface area contributed by atoms with Crippen LogP contribution in [0.2, 0.25) is 0 Å². The van der Waals surface area contributed by atoms with Crippen LogP contribution in [0.5, 0.6) is 0 Å². The van der Waals surface area contributed by atoms with Crippen LogP contribution in [-0.4, -0.2) is 13.1 Å². The summed E-state index contributed by atoms with van der Waals surface area (Å²) in [5.41, 5.74) is 1.48. The molecule has 0 saturated heterocycles. The lowest BCUT2D eigenvalue weighted by Gasteiger charge is -2.16. The number of fused-ring (bicyclic) bond motifs is 1. The van der Waals surface area contributed by atoms with Gasteiger partial charge in [-0.2, -0.15) is 0 Å². The van der Waals surface area contributed by atoms with Gasteiger partial charge in [0.1, 0.15) is 0 Å². The number of benzene rings is 1. The lowest BCUT2D eigenvalue weighted by Crippen LogP contribution is -2.31. The van der Waals surface area contributed by atoms with E-state index in [-0.39, 0.29) is 0 Å². The van der Waals surface area contributed by atoms with Crippen molar-refractivity contribution < 1.29 is 0 Å². The van der Waals surface area contributed by atoms with E-state index in [0.29, 0.717) is 6.04 Å². The standard InChI is InChI=1S/C16H22IN/c1-18-15(10-11-6-8-12(17)9-7-11)16-13-4-2-3-5-14(13)16/h6-9,13-16,18H,2-5,10H2,1H3. The molecule has 2 heteroatoms. The van der Waals surface area contributed by atoms with Crippen LogP contribution in [0.15, 0.2) is 24.3 Å². The Kier molecular flexibility index (Phi) is 3.94. The van der Waals surface area contributed by atoms with E-state index in [1.165, 1.54) is 41.2 Å². The molecule has 1 nitrogen and oxygen atoms in total. The van der Waals surface area contributed by atoms with Crippen LogP contribution in [0.1, 0.15) is 31.2 Å². The summed E-state index contributed by atoms with van der Waals surface area (Å²) < 4.78 is 1.33. The van der Waals surface area contributed by atoms with Gasteiger partial charge < -0.3 is 5.32 Å². The fourth-order valence-corrected chi connectivity index (χ4v) is 4.31. The predicted octanol–water partition coefficient (Wildman–Crippen LogP) is 3.86. The summed E-state index contributed by atoms with van der Waals surface area (Å²) in [4.78, 5) is 0. The van der Waals surface area contributed by atoms with Crippen molar-refractivity contribution in [2.24, 2.45) is 17.8 Å². The molecule has 1 N–H and O–H groups in total. The quantitative estimate of drug-likeness (QED) is 0.809. The van der Waals surface area contributed by atoms with Crippen LogP contribution in [0.3, 0.4) is 0 Å². The minimum absolute atomic E-state index is 0.693. The van der Waals surface area contributed by atoms with Crippen molar-refractivity contribution in [2.75, 3.05) is 7.05 Å². The number of halogens is 1. The smallest absolute Gasteiger partial charge is 0.0138 e. The molecule has 0 radical (unpaired) electrons. The van der Waals surface area contributed by atoms with E-state index in [9.17, 15) is 0 Å². The Morgan fingerprint density at radius 1 is 1.17 bits per heavy atom. The number of hydrogen-bond donors (Lipinski definition) is 1. The molecule has 0 spiro atoms. The van der Waals surface area contributed by atoms with Crippen LogP contribution in [-0.2, 0) is 6.42 Å². The molecule has 1 aromatic carbocycles. The molecule has 3 rings (SSSR count). The molecule has 2 saturated carbocycles. The van der Waals surface area contributed by atoms with E-state index in [0.717, 1.165) is 17.8 Å². The second kappa shape index (κ2) is 5.49. The minimum atomic E-state index is 0.693. The first-order valence-electron chi connectivity index (χ1n) is 7.21. The average Bonchev–Trinajstić information content (AvgIpc) is 3.12. The highest BCUT2D eigenvalue weighted by atomic mass is 127. The number of rotatable bonds is 4. The Morgan fingerprint density at radius 2 is 1.78 bits per heavy atom.